The Morgan fingerprint density at radius 2 is 1.84 bits per heavy atom. The SMILES string of the molecule is COc1ccc(Br)cc1[C@@H]1C(C(=O)OC(C)C)=C(C)N=c2s/c(=C\c3cc(I)c(OC)c(OC)c3)c(=O)n21. The van der Waals surface area contributed by atoms with E-state index >= 15 is 0 Å². The molecule has 4 rings (SSSR count). The molecule has 2 aromatic carbocycles. The molecule has 0 fully saturated rings. The lowest BCUT2D eigenvalue weighted by Gasteiger charge is -2.26. The summed E-state index contributed by atoms with van der Waals surface area (Å²) in [7, 11) is 4.70. The Bertz CT molecular complexity index is 1630. The summed E-state index contributed by atoms with van der Waals surface area (Å²) in [6.07, 6.45) is 1.44. The van der Waals surface area contributed by atoms with Gasteiger partial charge in [0, 0.05) is 10.0 Å². The van der Waals surface area contributed by atoms with Crippen LogP contribution in [0, 0.1) is 3.57 Å². The molecule has 1 aliphatic heterocycles. The maximum Gasteiger partial charge on any atom is 0.338 e. The highest BCUT2D eigenvalue weighted by molar-refractivity contribution is 14.1. The molecule has 0 N–H and O–H groups in total. The largest absolute Gasteiger partial charge is 0.496 e. The topological polar surface area (TPSA) is 88.4 Å². The van der Waals surface area contributed by atoms with E-state index in [1.54, 1.807) is 54.2 Å². The molecular weight excluding hydrogens is 687 g/mol. The van der Waals surface area contributed by atoms with Gasteiger partial charge in [-0.15, -0.1) is 0 Å². The van der Waals surface area contributed by atoms with Crippen molar-refractivity contribution in [2.75, 3.05) is 21.3 Å². The number of aromatic nitrogens is 1. The molecule has 1 aromatic heterocycles. The number of benzene rings is 2. The minimum absolute atomic E-state index is 0.284. The molecule has 200 valence electrons. The standard InChI is InChI=1S/C27H26BrIN2O6S/c1-13(2)37-26(33)22-14(3)30-27-31(23(22)17-12-16(28)7-8-19(17)34-4)25(32)21(38-27)11-15-9-18(29)24(36-6)20(10-15)35-5/h7-13,23H,1-6H3/b21-11-/t23-/m1/s1. The first-order valence-corrected chi connectivity index (χ1v) is 14.3. The number of carbonyl (C=O) groups is 1. The number of hydrogen-bond donors (Lipinski definition) is 0. The molecule has 3 aromatic rings. The number of halogens is 2. The van der Waals surface area contributed by atoms with Gasteiger partial charge in [0.2, 0.25) is 0 Å². The van der Waals surface area contributed by atoms with E-state index in [4.69, 9.17) is 18.9 Å². The predicted molar refractivity (Wildman–Crippen MR) is 158 cm³/mol. The fourth-order valence-corrected chi connectivity index (χ4v) is 6.52. The van der Waals surface area contributed by atoms with Crippen molar-refractivity contribution in [2.45, 2.75) is 32.9 Å². The van der Waals surface area contributed by atoms with Crippen LogP contribution < -0.4 is 29.1 Å². The van der Waals surface area contributed by atoms with Crippen LogP contribution in [-0.4, -0.2) is 38.0 Å². The normalized spacial score (nSPS) is 15.3. The van der Waals surface area contributed by atoms with Gasteiger partial charge in [0.25, 0.3) is 5.56 Å². The fourth-order valence-electron chi connectivity index (χ4n) is 4.25. The molecule has 2 heterocycles. The minimum atomic E-state index is -0.794. The van der Waals surface area contributed by atoms with E-state index in [2.05, 4.69) is 43.5 Å². The maximum atomic E-state index is 13.9. The quantitative estimate of drug-likeness (QED) is 0.264. The molecule has 0 saturated carbocycles. The first-order chi connectivity index (χ1) is 18.1. The van der Waals surface area contributed by atoms with Crippen LogP contribution in [0.3, 0.4) is 0 Å². The monoisotopic (exact) mass is 712 g/mol. The Labute approximate surface area is 245 Å². The van der Waals surface area contributed by atoms with Crippen LogP contribution in [0.4, 0.5) is 0 Å². The first kappa shape index (κ1) is 28.4. The van der Waals surface area contributed by atoms with E-state index in [0.29, 0.717) is 37.8 Å². The predicted octanol–water partition coefficient (Wildman–Crippen LogP) is 4.58. The van der Waals surface area contributed by atoms with E-state index in [1.807, 2.05) is 24.3 Å². The van der Waals surface area contributed by atoms with Crippen molar-refractivity contribution in [3.63, 3.8) is 0 Å². The summed E-state index contributed by atoms with van der Waals surface area (Å²) in [5, 5.41) is 0. The number of nitrogens with zero attached hydrogens (tertiary/aromatic N) is 2. The summed E-state index contributed by atoms with van der Waals surface area (Å²) in [5.41, 5.74) is 1.89. The molecule has 0 radical (unpaired) electrons. The highest BCUT2D eigenvalue weighted by Gasteiger charge is 2.35. The molecule has 38 heavy (non-hydrogen) atoms. The van der Waals surface area contributed by atoms with Crippen LogP contribution in [0.15, 0.2) is 55.9 Å². The number of allylic oxidation sites excluding steroid dienone is 1. The van der Waals surface area contributed by atoms with Gasteiger partial charge in [-0.05, 0) is 85.3 Å². The minimum Gasteiger partial charge on any atom is -0.496 e. The number of hydrogen-bond acceptors (Lipinski definition) is 8. The fraction of sp³-hybridized carbons (Fsp3) is 0.296. The van der Waals surface area contributed by atoms with Crippen LogP contribution in [0.25, 0.3) is 6.08 Å². The van der Waals surface area contributed by atoms with Crippen LogP contribution in [0.1, 0.15) is 37.9 Å². The number of esters is 1. The number of carbonyl (C=O) groups excluding carboxylic acids is 1. The third-order valence-electron chi connectivity index (χ3n) is 5.82. The second-order valence-electron chi connectivity index (χ2n) is 8.66. The summed E-state index contributed by atoms with van der Waals surface area (Å²) in [4.78, 5) is 32.4. The van der Waals surface area contributed by atoms with Crippen molar-refractivity contribution in [1.82, 2.24) is 4.57 Å². The number of methoxy groups -OCH3 is 3. The van der Waals surface area contributed by atoms with Gasteiger partial charge in [0.05, 0.1) is 46.8 Å². The smallest absolute Gasteiger partial charge is 0.338 e. The van der Waals surface area contributed by atoms with Crippen molar-refractivity contribution in [1.29, 1.82) is 0 Å². The molecule has 1 aliphatic rings. The number of thiazole rings is 1. The number of ether oxygens (including phenoxy) is 4. The molecule has 0 bridgehead atoms. The zero-order valence-corrected chi connectivity index (χ0v) is 26.2. The maximum absolute atomic E-state index is 13.9. The Balaban J connectivity index is 1.99. The van der Waals surface area contributed by atoms with Gasteiger partial charge in [-0.1, -0.05) is 27.3 Å². The van der Waals surface area contributed by atoms with Gasteiger partial charge in [-0.3, -0.25) is 9.36 Å². The highest BCUT2D eigenvalue weighted by atomic mass is 127. The molecule has 8 nitrogen and oxygen atoms in total. The number of fused-ring (bicyclic) bond motifs is 1. The molecule has 0 spiro atoms. The highest BCUT2D eigenvalue weighted by Crippen LogP contribution is 2.38. The average molecular weight is 713 g/mol. The molecule has 0 amide bonds. The summed E-state index contributed by atoms with van der Waals surface area (Å²) < 4.78 is 25.8. The molecule has 1 atom stereocenters. The van der Waals surface area contributed by atoms with Gasteiger partial charge < -0.3 is 18.9 Å². The van der Waals surface area contributed by atoms with E-state index in [0.717, 1.165) is 13.6 Å². The summed E-state index contributed by atoms with van der Waals surface area (Å²) >= 11 is 6.93. The Kier molecular flexibility index (Phi) is 8.68. The van der Waals surface area contributed by atoms with Gasteiger partial charge in [0.1, 0.15) is 11.8 Å². The van der Waals surface area contributed by atoms with E-state index < -0.39 is 12.0 Å². The average Bonchev–Trinajstić information content (AvgIpc) is 3.16. The van der Waals surface area contributed by atoms with Crippen molar-refractivity contribution in [2.24, 2.45) is 4.99 Å². The van der Waals surface area contributed by atoms with Gasteiger partial charge in [-0.2, -0.15) is 0 Å². The molecule has 11 heteroatoms. The van der Waals surface area contributed by atoms with Crippen LogP contribution >= 0.6 is 49.9 Å². The Hall–Kier alpha value is -2.64. The third kappa shape index (κ3) is 5.41. The van der Waals surface area contributed by atoms with Crippen molar-refractivity contribution < 1.29 is 23.7 Å². The van der Waals surface area contributed by atoms with E-state index in [-0.39, 0.29) is 17.2 Å². The zero-order valence-electron chi connectivity index (χ0n) is 21.6. The second-order valence-corrected chi connectivity index (χ2v) is 11.7. The van der Waals surface area contributed by atoms with Gasteiger partial charge in [-0.25, -0.2) is 9.79 Å². The van der Waals surface area contributed by atoms with Crippen molar-refractivity contribution in [3.05, 3.63) is 80.5 Å². The third-order valence-corrected chi connectivity index (χ3v) is 8.10. The molecule has 0 aliphatic carbocycles. The molecule has 0 unspecified atom stereocenters. The molecular formula is C27H26BrIN2O6S. The Morgan fingerprint density at radius 1 is 1.13 bits per heavy atom. The van der Waals surface area contributed by atoms with Crippen molar-refractivity contribution in [3.8, 4) is 17.2 Å². The lowest BCUT2D eigenvalue weighted by Crippen LogP contribution is -2.40. The van der Waals surface area contributed by atoms with E-state index in [1.165, 1.54) is 15.9 Å². The van der Waals surface area contributed by atoms with Gasteiger partial charge in [0.15, 0.2) is 16.3 Å². The van der Waals surface area contributed by atoms with Crippen LogP contribution in [0.5, 0.6) is 17.2 Å². The first-order valence-electron chi connectivity index (χ1n) is 11.6. The van der Waals surface area contributed by atoms with Crippen LogP contribution in [-0.2, 0) is 9.53 Å². The molecule has 0 saturated heterocycles. The zero-order chi connectivity index (χ0) is 27.7. The second kappa shape index (κ2) is 11.6. The summed E-state index contributed by atoms with van der Waals surface area (Å²) in [6.45, 7) is 5.31. The van der Waals surface area contributed by atoms with E-state index in [9.17, 15) is 9.59 Å². The Morgan fingerprint density at radius 3 is 2.47 bits per heavy atom. The number of rotatable bonds is 7. The lowest BCUT2D eigenvalue weighted by atomic mass is 9.95. The van der Waals surface area contributed by atoms with Gasteiger partial charge >= 0.3 is 5.97 Å². The summed E-state index contributed by atoms with van der Waals surface area (Å²) in [5.74, 6) is 1.19. The lowest BCUT2D eigenvalue weighted by molar-refractivity contribution is -0.143. The van der Waals surface area contributed by atoms with Crippen LogP contribution in [0.2, 0.25) is 0 Å². The summed E-state index contributed by atoms with van der Waals surface area (Å²) in [6, 6.07) is 8.40. The van der Waals surface area contributed by atoms with Crippen molar-refractivity contribution >= 4 is 61.9 Å².